The summed E-state index contributed by atoms with van der Waals surface area (Å²) in [4.78, 5) is 11.7. The summed E-state index contributed by atoms with van der Waals surface area (Å²) in [5.41, 5.74) is 1.63. The summed E-state index contributed by atoms with van der Waals surface area (Å²) in [7, 11) is 1.63. The Hall–Kier alpha value is -2.56. The van der Waals surface area contributed by atoms with E-state index in [1.54, 1.807) is 19.2 Å². The van der Waals surface area contributed by atoms with Crippen molar-refractivity contribution in [3.05, 3.63) is 59.9 Å². The summed E-state index contributed by atoms with van der Waals surface area (Å²) >= 11 is 0. The standard InChI is InChI=1S/C17H19FN2O2/c1-22-16-8-3-2-5-13(16)9-10-19-17(21)12-20-15-7-4-6-14(18)11-15/h2-8,11,20H,9-10,12H2,1H3,(H,19,21). The van der Waals surface area contributed by atoms with E-state index in [4.69, 9.17) is 4.74 Å². The SMILES string of the molecule is COc1ccccc1CCNC(=O)CNc1cccc(F)c1. The van der Waals surface area contributed by atoms with Gasteiger partial charge in [0.25, 0.3) is 0 Å². The van der Waals surface area contributed by atoms with E-state index in [0.717, 1.165) is 11.3 Å². The number of carbonyl (C=O) groups excluding carboxylic acids is 1. The molecule has 0 aromatic heterocycles. The van der Waals surface area contributed by atoms with Crippen LogP contribution in [0.2, 0.25) is 0 Å². The second-order valence-corrected chi connectivity index (χ2v) is 4.78. The number of halogens is 1. The number of carbonyl (C=O) groups is 1. The Kier molecular flexibility index (Phi) is 5.77. The molecule has 2 N–H and O–H groups in total. The van der Waals surface area contributed by atoms with Gasteiger partial charge in [-0.2, -0.15) is 0 Å². The molecule has 4 nitrogen and oxygen atoms in total. The van der Waals surface area contributed by atoms with E-state index in [9.17, 15) is 9.18 Å². The number of hydrogen-bond acceptors (Lipinski definition) is 3. The molecule has 0 aliphatic carbocycles. The van der Waals surface area contributed by atoms with Crippen LogP contribution in [0.3, 0.4) is 0 Å². The summed E-state index contributed by atoms with van der Waals surface area (Å²) in [6, 6.07) is 13.7. The maximum atomic E-state index is 13.0. The molecular formula is C17H19FN2O2. The molecular weight excluding hydrogens is 283 g/mol. The van der Waals surface area contributed by atoms with Crippen molar-refractivity contribution in [1.82, 2.24) is 5.32 Å². The van der Waals surface area contributed by atoms with Crippen LogP contribution >= 0.6 is 0 Å². The summed E-state index contributed by atoms with van der Waals surface area (Å²) in [6.07, 6.45) is 0.690. The first-order valence-electron chi connectivity index (χ1n) is 7.07. The van der Waals surface area contributed by atoms with Crippen molar-refractivity contribution < 1.29 is 13.9 Å². The second-order valence-electron chi connectivity index (χ2n) is 4.78. The van der Waals surface area contributed by atoms with Crippen LogP contribution in [0.5, 0.6) is 5.75 Å². The number of anilines is 1. The lowest BCUT2D eigenvalue weighted by Gasteiger charge is -2.10. The minimum absolute atomic E-state index is 0.107. The zero-order valence-electron chi connectivity index (χ0n) is 12.4. The lowest BCUT2D eigenvalue weighted by molar-refractivity contribution is -0.119. The summed E-state index contributed by atoms with van der Waals surface area (Å²) in [5, 5.41) is 5.70. The van der Waals surface area contributed by atoms with Gasteiger partial charge in [0.2, 0.25) is 5.91 Å². The highest BCUT2D eigenvalue weighted by Gasteiger charge is 2.04. The third-order valence-electron chi connectivity index (χ3n) is 3.19. The molecule has 2 rings (SSSR count). The summed E-state index contributed by atoms with van der Waals surface area (Å²) < 4.78 is 18.3. The lowest BCUT2D eigenvalue weighted by Crippen LogP contribution is -2.31. The maximum absolute atomic E-state index is 13.0. The van der Waals surface area contributed by atoms with Gasteiger partial charge in [-0.1, -0.05) is 24.3 Å². The fourth-order valence-corrected chi connectivity index (χ4v) is 2.09. The number of benzene rings is 2. The van der Waals surface area contributed by atoms with Gasteiger partial charge in [0.1, 0.15) is 11.6 Å². The normalized spacial score (nSPS) is 10.1. The molecule has 0 spiro atoms. The topological polar surface area (TPSA) is 50.4 Å². The highest BCUT2D eigenvalue weighted by Crippen LogP contribution is 2.17. The number of methoxy groups -OCH3 is 1. The fraction of sp³-hybridized carbons (Fsp3) is 0.235. The van der Waals surface area contributed by atoms with Gasteiger partial charge in [-0.3, -0.25) is 4.79 Å². The van der Waals surface area contributed by atoms with E-state index in [2.05, 4.69) is 10.6 Å². The fourth-order valence-electron chi connectivity index (χ4n) is 2.09. The summed E-state index contributed by atoms with van der Waals surface area (Å²) in [5.74, 6) is 0.343. The Morgan fingerprint density at radius 3 is 2.77 bits per heavy atom. The first kappa shape index (κ1) is 15.8. The Morgan fingerprint density at radius 2 is 2.00 bits per heavy atom. The molecule has 0 radical (unpaired) electrons. The largest absolute Gasteiger partial charge is 0.496 e. The highest BCUT2D eigenvalue weighted by molar-refractivity contribution is 5.80. The van der Waals surface area contributed by atoms with E-state index in [0.29, 0.717) is 18.7 Å². The van der Waals surface area contributed by atoms with Crippen LogP contribution in [-0.4, -0.2) is 26.1 Å². The highest BCUT2D eigenvalue weighted by atomic mass is 19.1. The van der Waals surface area contributed by atoms with Crippen LogP contribution in [0.25, 0.3) is 0 Å². The van der Waals surface area contributed by atoms with Crippen LogP contribution in [0.1, 0.15) is 5.56 Å². The Bertz CT molecular complexity index is 632. The molecule has 1 amide bonds. The number of ether oxygens (including phenoxy) is 1. The van der Waals surface area contributed by atoms with E-state index in [1.807, 2.05) is 24.3 Å². The predicted octanol–water partition coefficient (Wildman–Crippen LogP) is 2.61. The predicted molar refractivity (Wildman–Crippen MR) is 84.6 cm³/mol. The zero-order chi connectivity index (χ0) is 15.8. The molecule has 0 saturated heterocycles. The van der Waals surface area contributed by atoms with Crippen molar-refractivity contribution in [2.24, 2.45) is 0 Å². The average molecular weight is 302 g/mol. The molecule has 0 saturated carbocycles. The van der Waals surface area contributed by atoms with Gasteiger partial charge in [-0.15, -0.1) is 0 Å². The molecule has 5 heteroatoms. The number of nitrogens with one attached hydrogen (secondary N) is 2. The quantitative estimate of drug-likeness (QED) is 0.826. The first-order valence-corrected chi connectivity index (χ1v) is 7.07. The van der Waals surface area contributed by atoms with Gasteiger partial charge < -0.3 is 15.4 Å². The number of amides is 1. The molecule has 0 bridgehead atoms. The third kappa shape index (κ3) is 4.77. The van der Waals surface area contributed by atoms with E-state index < -0.39 is 0 Å². The van der Waals surface area contributed by atoms with Crippen LogP contribution in [0.15, 0.2) is 48.5 Å². The smallest absolute Gasteiger partial charge is 0.239 e. The van der Waals surface area contributed by atoms with Crippen molar-refractivity contribution in [3.8, 4) is 5.75 Å². The number of para-hydroxylation sites is 1. The van der Waals surface area contributed by atoms with Gasteiger partial charge >= 0.3 is 0 Å². The van der Waals surface area contributed by atoms with Gasteiger partial charge in [0, 0.05) is 12.2 Å². The van der Waals surface area contributed by atoms with Crippen molar-refractivity contribution in [2.75, 3.05) is 25.5 Å². The molecule has 116 valence electrons. The lowest BCUT2D eigenvalue weighted by atomic mass is 10.1. The van der Waals surface area contributed by atoms with Crippen LogP contribution in [0, 0.1) is 5.82 Å². The molecule has 2 aromatic carbocycles. The van der Waals surface area contributed by atoms with Crippen molar-refractivity contribution >= 4 is 11.6 Å². The maximum Gasteiger partial charge on any atom is 0.239 e. The molecule has 22 heavy (non-hydrogen) atoms. The first-order chi connectivity index (χ1) is 10.7. The molecule has 0 fully saturated rings. The van der Waals surface area contributed by atoms with Gasteiger partial charge in [0.05, 0.1) is 13.7 Å². The van der Waals surface area contributed by atoms with Crippen molar-refractivity contribution in [2.45, 2.75) is 6.42 Å². The van der Waals surface area contributed by atoms with Crippen LogP contribution in [0.4, 0.5) is 10.1 Å². The minimum atomic E-state index is -0.332. The molecule has 0 aliphatic heterocycles. The van der Waals surface area contributed by atoms with Crippen molar-refractivity contribution in [3.63, 3.8) is 0 Å². The van der Waals surface area contributed by atoms with Crippen LogP contribution in [-0.2, 0) is 11.2 Å². The molecule has 0 heterocycles. The monoisotopic (exact) mass is 302 g/mol. The Balaban J connectivity index is 1.74. The van der Waals surface area contributed by atoms with E-state index >= 15 is 0 Å². The molecule has 0 unspecified atom stereocenters. The Labute approximate surface area is 129 Å². The number of rotatable bonds is 7. The van der Waals surface area contributed by atoms with E-state index in [-0.39, 0.29) is 18.3 Å². The molecule has 2 aromatic rings. The molecule has 0 atom stereocenters. The van der Waals surface area contributed by atoms with Crippen molar-refractivity contribution in [1.29, 1.82) is 0 Å². The molecule has 0 aliphatic rings. The van der Waals surface area contributed by atoms with Gasteiger partial charge in [0.15, 0.2) is 0 Å². The minimum Gasteiger partial charge on any atom is -0.496 e. The zero-order valence-corrected chi connectivity index (χ0v) is 12.4. The van der Waals surface area contributed by atoms with Gasteiger partial charge in [-0.25, -0.2) is 4.39 Å². The number of hydrogen-bond donors (Lipinski definition) is 2. The Morgan fingerprint density at radius 1 is 1.18 bits per heavy atom. The van der Waals surface area contributed by atoms with E-state index in [1.165, 1.54) is 12.1 Å². The van der Waals surface area contributed by atoms with Crippen LogP contribution < -0.4 is 15.4 Å². The summed E-state index contributed by atoms with van der Waals surface area (Å²) in [6.45, 7) is 0.624. The average Bonchev–Trinajstić information content (AvgIpc) is 2.53. The second kappa shape index (κ2) is 8.02. The third-order valence-corrected chi connectivity index (χ3v) is 3.19. The van der Waals surface area contributed by atoms with Gasteiger partial charge in [-0.05, 0) is 36.2 Å².